The SMILES string of the molecule is c1ccc(CCCCc2nc(-c3ccccc3)no2)cc1. The molecule has 3 aromatic rings. The highest BCUT2D eigenvalue weighted by Crippen LogP contribution is 2.16. The lowest BCUT2D eigenvalue weighted by atomic mass is 10.1. The molecule has 0 bridgehead atoms. The Morgan fingerprint density at radius 2 is 1.43 bits per heavy atom. The van der Waals surface area contributed by atoms with Crippen molar-refractivity contribution in [3.63, 3.8) is 0 Å². The number of hydrogen-bond donors (Lipinski definition) is 0. The highest BCUT2D eigenvalue weighted by molar-refractivity contribution is 5.53. The summed E-state index contributed by atoms with van der Waals surface area (Å²) in [5.41, 5.74) is 2.38. The molecule has 3 nitrogen and oxygen atoms in total. The van der Waals surface area contributed by atoms with Gasteiger partial charge in [-0.05, 0) is 24.8 Å². The lowest BCUT2D eigenvalue weighted by Crippen LogP contribution is -1.89. The average Bonchev–Trinajstić information content (AvgIpc) is 3.02. The van der Waals surface area contributed by atoms with E-state index in [0.717, 1.165) is 37.1 Å². The quantitative estimate of drug-likeness (QED) is 0.631. The molecule has 0 aliphatic carbocycles. The van der Waals surface area contributed by atoms with Crippen LogP contribution in [0.5, 0.6) is 0 Å². The van der Waals surface area contributed by atoms with E-state index in [4.69, 9.17) is 4.52 Å². The maximum atomic E-state index is 5.31. The Morgan fingerprint density at radius 3 is 2.19 bits per heavy atom. The van der Waals surface area contributed by atoms with Gasteiger partial charge in [-0.25, -0.2) is 0 Å². The van der Waals surface area contributed by atoms with Crippen molar-refractivity contribution in [3.8, 4) is 11.4 Å². The molecular formula is C18H18N2O. The summed E-state index contributed by atoms with van der Waals surface area (Å²) in [7, 11) is 0. The van der Waals surface area contributed by atoms with Crippen LogP contribution >= 0.6 is 0 Å². The van der Waals surface area contributed by atoms with Gasteiger partial charge in [0.1, 0.15) is 0 Å². The standard InChI is InChI=1S/C18H18N2O/c1-3-9-15(10-4-1)11-7-8-14-17-19-18(20-21-17)16-12-5-2-6-13-16/h1-6,9-10,12-13H,7-8,11,14H2. The minimum Gasteiger partial charge on any atom is -0.339 e. The Labute approximate surface area is 124 Å². The second-order valence-corrected chi connectivity index (χ2v) is 5.07. The van der Waals surface area contributed by atoms with E-state index in [2.05, 4.69) is 34.4 Å². The number of aromatic nitrogens is 2. The number of benzene rings is 2. The molecule has 106 valence electrons. The zero-order valence-corrected chi connectivity index (χ0v) is 11.9. The zero-order valence-electron chi connectivity index (χ0n) is 11.9. The second-order valence-electron chi connectivity index (χ2n) is 5.07. The lowest BCUT2D eigenvalue weighted by Gasteiger charge is -1.99. The minimum absolute atomic E-state index is 0.675. The third kappa shape index (κ3) is 3.78. The molecule has 0 saturated heterocycles. The summed E-state index contributed by atoms with van der Waals surface area (Å²) in [6.07, 6.45) is 4.13. The first kappa shape index (κ1) is 13.6. The highest BCUT2D eigenvalue weighted by Gasteiger charge is 2.07. The van der Waals surface area contributed by atoms with Crippen molar-refractivity contribution in [1.29, 1.82) is 0 Å². The van der Waals surface area contributed by atoms with E-state index < -0.39 is 0 Å². The predicted molar refractivity (Wildman–Crippen MR) is 82.8 cm³/mol. The number of nitrogens with zero attached hydrogens (tertiary/aromatic N) is 2. The van der Waals surface area contributed by atoms with Gasteiger partial charge >= 0.3 is 0 Å². The van der Waals surface area contributed by atoms with Gasteiger partial charge in [0.05, 0.1) is 0 Å². The van der Waals surface area contributed by atoms with Crippen LogP contribution in [0.4, 0.5) is 0 Å². The van der Waals surface area contributed by atoms with Gasteiger partial charge in [0.15, 0.2) is 0 Å². The van der Waals surface area contributed by atoms with E-state index in [0.29, 0.717) is 5.82 Å². The minimum atomic E-state index is 0.675. The van der Waals surface area contributed by atoms with Gasteiger partial charge < -0.3 is 4.52 Å². The summed E-state index contributed by atoms with van der Waals surface area (Å²) in [5, 5.41) is 4.04. The fourth-order valence-electron chi connectivity index (χ4n) is 2.31. The molecule has 0 saturated carbocycles. The Bertz CT molecular complexity index is 662. The van der Waals surface area contributed by atoms with E-state index >= 15 is 0 Å². The summed E-state index contributed by atoms with van der Waals surface area (Å²) >= 11 is 0. The zero-order chi connectivity index (χ0) is 14.3. The van der Waals surface area contributed by atoms with Crippen molar-refractivity contribution in [3.05, 3.63) is 72.1 Å². The van der Waals surface area contributed by atoms with Crippen LogP contribution in [0.3, 0.4) is 0 Å². The van der Waals surface area contributed by atoms with Gasteiger partial charge in [0.25, 0.3) is 0 Å². The van der Waals surface area contributed by atoms with Crippen LogP contribution in [0.15, 0.2) is 65.2 Å². The Hall–Kier alpha value is -2.42. The summed E-state index contributed by atoms with van der Waals surface area (Å²) in [5.74, 6) is 1.40. The molecule has 21 heavy (non-hydrogen) atoms. The fourth-order valence-corrected chi connectivity index (χ4v) is 2.31. The van der Waals surface area contributed by atoms with Gasteiger partial charge in [-0.1, -0.05) is 65.8 Å². The number of unbranched alkanes of at least 4 members (excludes halogenated alkanes) is 1. The topological polar surface area (TPSA) is 38.9 Å². The molecule has 3 heteroatoms. The van der Waals surface area contributed by atoms with E-state index in [1.54, 1.807) is 0 Å². The van der Waals surface area contributed by atoms with Crippen molar-refractivity contribution in [2.75, 3.05) is 0 Å². The van der Waals surface area contributed by atoms with Crippen molar-refractivity contribution < 1.29 is 4.52 Å². The average molecular weight is 278 g/mol. The molecule has 0 unspecified atom stereocenters. The molecule has 0 aliphatic rings. The molecular weight excluding hydrogens is 260 g/mol. The largest absolute Gasteiger partial charge is 0.339 e. The van der Waals surface area contributed by atoms with Crippen LogP contribution in [0, 0.1) is 0 Å². The first-order chi connectivity index (χ1) is 10.4. The highest BCUT2D eigenvalue weighted by atomic mass is 16.5. The predicted octanol–water partition coefficient (Wildman–Crippen LogP) is 4.30. The normalized spacial score (nSPS) is 10.7. The first-order valence-corrected chi connectivity index (χ1v) is 7.34. The third-order valence-corrected chi connectivity index (χ3v) is 3.45. The molecule has 0 radical (unpaired) electrons. The summed E-state index contributed by atoms with van der Waals surface area (Å²) in [6, 6.07) is 20.5. The Morgan fingerprint density at radius 1 is 0.762 bits per heavy atom. The van der Waals surface area contributed by atoms with Crippen molar-refractivity contribution in [2.24, 2.45) is 0 Å². The molecule has 1 heterocycles. The summed E-state index contributed by atoms with van der Waals surface area (Å²) < 4.78 is 5.31. The Balaban J connectivity index is 1.49. The van der Waals surface area contributed by atoms with Crippen LogP contribution in [0.25, 0.3) is 11.4 Å². The van der Waals surface area contributed by atoms with Crippen molar-refractivity contribution >= 4 is 0 Å². The molecule has 3 rings (SSSR count). The van der Waals surface area contributed by atoms with E-state index in [-0.39, 0.29) is 0 Å². The molecule has 0 aliphatic heterocycles. The van der Waals surface area contributed by atoms with Crippen LogP contribution in [-0.4, -0.2) is 10.1 Å². The van der Waals surface area contributed by atoms with Gasteiger partial charge in [-0.15, -0.1) is 0 Å². The third-order valence-electron chi connectivity index (χ3n) is 3.45. The smallest absolute Gasteiger partial charge is 0.226 e. The van der Waals surface area contributed by atoms with Crippen molar-refractivity contribution in [1.82, 2.24) is 10.1 Å². The molecule has 0 N–H and O–H groups in total. The number of hydrogen-bond acceptors (Lipinski definition) is 3. The molecule has 2 aromatic carbocycles. The lowest BCUT2D eigenvalue weighted by molar-refractivity contribution is 0.375. The van der Waals surface area contributed by atoms with E-state index in [1.807, 2.05) is 36.4 Å². The van der Waals surface area contributed by atoms with E-state index in [9.17, 15) is 0 Å². The molecule has 0 spiro atoms. The van der Waals surface area contributed by atoms with Crippen molar-refractivity contribution in [2.45, 2.75) is 25.7 Å². The molecule has 0 amide bonds. The van der Waals surface area contributed by atoms with Crippen LogP contribution in [-0.2, 0) is 12.8 Å². The fraction of sp³-hybridized carbons (Fsp3) is 0.222. The van der Waals surface area contributed by atoms with Crippen LogP contribution in [0.2, 0.25) is 0 Å². The number of aryl methyl sites for hydroxylation is 2. The molecule has 0 atom stereocenters. The monoisotopic (exact) mass is 278 g/mol. The Kier molecular flexibility index (Phi) is 4.42. The van der Waals surface area contributed by atoms with Crippen LogP contribution < -0.4 is 0 Å². The van der Waals surface area contributed by atoms with Gasteiger partial charge in [-0.3, -0.25) is 0 Å². The van der Waals surface area contributed by atoms with Gasteiger partial charge in [-0.2, -0.15) is 4.98 Å². The summed E-state index contributed by atoms with van der Waals surface area (Å²) in [6.45, 7) is 0. The molecule has 1 aromatic heterocycles. The summed E-state index contributed by atoms with van der Waals surface area (Å²) in [4.78, 5) is 4.45. The second kappa shape index (κ2) is 6.84. The van der Waals surface area contributed by atoms with E-state index in [1.165, 1.54) is 5.56 Å². The number of rotatable bonds is 6. The van der Waals surface area contributed by atoms with Crippen LogP contribution in [0.1, 0.15) is 24.3 Å². The maximum Gasteiger partial charge on any atom is 0.226 e. The maximum absolute atomic E-state index is 5.31. The van der Waals surface area contributed by atoms with Gasteiger partial charge in [0.2, 0.25) is 11.7 Å². The van der Waals surface area contributed by atoms with Gasteiger partial charge in [0, 0.05) is 12.0 Å². The first-order valence-electron chi connectivity index (χ1n) is 7.34. The molecule has 0 fully saturated rings.